The third-order valence-electron chi connectivity index (χ3n) is 3.75. The highest BCUT2D eigenvalue weighted by Crippen LogP contribution is 2.30. The van der Waals surface area contributed by atoms with E-state index in [0.29, 0.717) is 11.5 Å². The summed E-state index contributed by atoms with van der Waals surface area (Å²) >= 11 is 1.47. The topological polar surface area (TPSA) is 80.7 Å². The Morgan fingerprint density at radius 2 is 2.30 bits per heavy atom. The van der Waals surface area contributed by atoms with Crippen LogP contribution in [0.4, 0.5) is 5.82 Å². The molecule has 1 aliphatic carbocycles. The first-order valence-electron chi connectivity index (χ1n) is 6.66. The summed E-state index contributed by atoms with van der Waals surface area (Å²) in [7, 11) is 0. The van der Waals surface area contributed by atoms with Gasteiger partial charge in [0, 0.05) is 17.6 Å². The van der Waals surface area contributed by atoms with Gasteiger partial charge in [0.25, 0.3) is 0 Å². The normalized spacial score (nSPS) is 15.8. The Bertz CT molecular complexity index is 642. The lowest BCUT2D eigenvalue weighted by Crippen LogP contribution is -2.41. The van der Waals surface area contributed by atoms with E-state index < -0.39 is 5.91 Å². The summed E-state index contributed by atoms with van der Waals surface area (Å²) in [5.41, 5.74) is 5.85. The lowest BCUT2D eigenvalue weighted by molar-refractivity contribution is -0.116. The average molecular weight is 292 g/mol. The number of fused-ring (bicyclic) bond motifs is 1. The highest BCUT2D eigenvalue weighted by Gasteiger charge is 2.28. The second kappa shape index (κ2) is 5.24. The number of nitrogens with zero attached hydrogens (tertiary/aromatic N) is 3. The SMILES string of the molecule is NC(=O)CN(c1nc2sccn2c1C=O)C1CCCC1. The van der Waals surface area contributed by atoms with Gasteiger partial charge < -0.3 is 10.6 Å². The number of imidazole rings is 1. The number of amides is 1. The maximum absolute atomic E-state index is 11.4. The molecule has 2 heterocycles. The summed E-state index contributed by atoms with van der Waals surface area (Å²) in [5.74, 6) is 0.183. The fraction of sp³-hybridized carbons (Fsp3) is 0.462. The average Bonchev–Trinajstić information content (AvgIpc) is 3.11. The van der Waals surface area contributed by atoms with E-state index in [-0.39, 0.29) is 12.6 Å². The minimum Gasteiger partial charge on any atom is -0.368 e. The molecule has 0 aromatic carbocycles. The Morgan fingerprint density at radius 3 is 2.95 bits per heavy atom. The standard InChI is InChI=1S/C13H16N4O2S/c14-11(19)7-17(9-3-1-2-4-9)12-10(8-18)16-5-6-20-13(16)15-12/h5-6,8-9H,1-4,7H2,(H2,14,19). The predicted molar refractivity (Wildman–Crippen MR) is 77.3 cm³/mol. The van der Waals surface area contributed by atoms with Crippen LogP contribution in [0.3, 0.4) is 0 Å². The van der Waals surface area contributed by atoms with Gasteiger partial charge in [0.1, 0.15) is 5.69 Å². The molecule has 0 radical (unpaired) electrons. The van der Waals surface area contributed by atoms with Crippen LogP contribution in [-0.4, -0.2) is 34.2 Å². The first-order chi connectivity index (χ1) is 9.70. The number of carbonyl (C=O) groups is 2. The zero-order valence-electron chi connectivity index (χ0n) is 11.0. The van der Waals surface area contributed by atoms with Crippen molar-refractivity contribution in [3.05, 3.63) is 17.3 Å². The zero-order valence-corrected chi connectivity index (χ0v) is 11.8. The minimum atomic E-state index is -0.398. The summed E-state index contributed by atoms with van der Waals surface area (Å²) in [6.07, 6.45) is 6.91. The van der Waals surface area contributed by atoms with Crippen LogP contribution in [0.25, 0.3) is 4.96 Å². The summed E-state index contributed by atoms with van der Waals surface area (Å²) in [5, 5.41) is 1.88. The van der Waals surface area contributed by atoms with Crippen molar-refractivity contribution in [2.24, 2.45) is 5.73 Å². The Labute approximate surface area is 120 Å². The van der Waals surface area contributed by atoms with Crippen LogP contribution in [0.2, 0.25) is 0 Å². The lowest BCUT2D eigenvalue weighted by Gasteiger charge is -2.28. The van der Waals surface area contributed by atoms with Crippen LogP contribution in [-0.2, 0) is 4.79 Å². The highest BCUT2D eigenvalue weighted by molar-refractivity contribution is 7.15. The van der Waals surface area contributed by atoms with Gasteiger partial charge in [-0.15, -0.1) is 11.3 Å². The molecule has 7 heteroatoms. The van der Waals surface area contributed by atoms with Crippen LogP contribution in [0, 0.1) is 0 Å². The zero-order chi connectivity index (χ0) is 14.1. The van der Waals surface area contributed by atoms with Gasteiger partial charge in [-0.2, -0.15) is 0 Å². The lowest BCUT2D eigenvalue weighted by atomic mass is 10.2. The number of rotatable bonds is 5. The van der Waals surface area contributed by atoms with E-state index >= 15 is 0 Å². The molecule has 20 heavy (non-hydrogen) atoms. The molecule has 1 amide bonds. The number of anilines is 1. The molecule has 0 spiro atoms. The molecule has 0 atom stereocenters. The second-order valence-corrected chi connectivity index (χ2v) is 5.90. The monoisotopic (exact) mass is 292 g/mol. The van der Waals surface area contributed by atoms with Gasteiger partial charge in [-0.05, 0) is 12.8 Å². The van der Waals surface area contributed by atoms with E-state index in [0.717, 1.165) is 36.9 Å². The summed E-state index contributed by atoms with van der Waals surface area (Å²) in [6.45, 7) is 0.107. The van der Waals surface area contributed by atoms with Crippen molar-refractivity contribution < 1.29 is 9.59 Å². The van der Waals surface area contributed by atoms with E-state index in [1.165, 1.54) is 11.3 Å². The van der Waals surface area contributed by atoms with Crippen molar-refractivity contribution in [3.8, 4) is 0 Å². The Morgan fingerprint density at radius 1 is 1.55 bits per heavy atom. The Balaban J connectivity index is 2.04. The van der Waals surface area contributed by atoms with Crippen LogP contribution < -0.4 is 10.6 Å². The van der Waals surface area contributed by atoms with E-state index in [1.807, 2.05) is 16.5 Å². The van der Waals surface area contributed by atoms with E-state index in [4.69, 9.17) is 5.73 Å². The molecule has 6 nitrogen and oxygen atoms in total. The van der Waals surface area contributed by atoms with Gasteiger partial charge in [0.05, 0.1) is 6.54 Å². The van der Waals surface area contributed by atoms with E-state index in [2.05, 4.69) is 4.98 Å². The van der Waals surface area contributed by atoms with Gasteiger partial charge in [0.2, 0.25) is 5.91 Å². The molecule has 0 saturated heterocycles. The molecule has 1 saturated carbocycles. The summed E-state index contributed by atoms with van der Waals surface area (Å²) < 4.78 is 1.76. The van der Waals surface area contributed by atoms with Gasteiger partial charge in [0.15, 0.2) is 17.1 Å². The summed E-state index contributed by atoms with van der Waals surface area (Å²) in [4.78, 5) is 29.9. The number of aldehydes is 1. The maximum atomic E-state index is 11.4. The van der Waals surface area contributed by atoms with Gasteiger partial charge >= 0.3 is 0 Å². The number of carbonyl (C=O) groups excluding carboxylic acids is 2. The van der Waals surface area contributed by atoms with Crippen molar-refractivity contribution in [2.75, 3.05) is 11.4 Å². The predicted octanol–water partition coefficient (Wildman–Crippen LogP) is 1.44. The number of nitrogens with two attached hydrogens (primary N) is 1. The molecule has 1 fully saturated rings. The Kier molecular flexibility index (Phi) is 3.43. The van der Waals surface area contributed by atoms with Crippen LogP contribution in [0.15, 0.2) is 11.6 Å². The number of thiazole rings is 1. The van der Waals surface area contributed by atoms with Crippen LogP contribution in [0.1, 0.15) is 36.2 Å². The molecule has 0 bridgehead atoms. The third kappa shape index (κ3) is 2.18. The van der Waals surface area contributed by atoms with Crippen LogP contribution >= 0.6 is 11.3 Å². The second-order valence-electron chi connectivity index (χ2n) is 5.03. The molecule has 3 rings (SSSR count). The molecule has 2 aromatic rings. The number of hydrogen-bond acceptors (Lipinski definition) is 5. The van der Waals surface area contributed by atoms with E-state index in [1.54, 1.807) is 4.40 Å². The summed E-state index contributed by atoms with van der Waals surface area (Å²) in [6, 6.07) is 0.241. The van der Waals surface area contributed by atoms with Crippen molar-refractivity contribution in [2.45, 2.75) is 31.7 Å². The molecule has 1 aliphatic rings. The highest BCUT2D eigenvalue weighted by atomic mass is 32.1. The quantitative estimate of drug-likeness (QED) is 0.846. The smallest absolute Gasteiger partial charge is 0.237 e. The van der Waals surface area contributed by atoms with Crippen molar-refractivity contribution >= 4 is 34.3 Å². The van der Waals surface area contributed by atoms with Gasteiger partial charge in [-0.25, -0.2) is 4.98 Å². The minimum absolute atomic E-state index is 0.107. The Hall–Kier alpha value is -1.89. The fourth-order valence-electron chi connectivity index (χ4n) is 2.87. The van der Waals surface area contributed by atoms with Crippen molar-refractivity contribution in [1.82, 2.24) is 9.38 Å². The van der Waals surface area contributed by atoms with E-state index in [9.17, 15) is 9.59 Å². The largest absolute Gasteiger partial charge is 0.368 e. The van der Waals surface area contributed by atoms with Crippen LogP contribution in [0.5, 0.6) is 0 Å². The fourth-order valence-corrected chi connectivity index (χ4v) is 3.59. The van der Waals surface area contributed by atoms with Gasteiger partial charge in [-0.3, -0.25) is 14.0 Å². The first-order valence-corrected chi connectivity index (χ1v) is 7.54. The molecule has 106 valence electrons. The molecule has 2 N–H and O–H groups in total. The first kappa shape index (κ1) is 13.1. The van der Waals surface area contributed by atoms with Crippen molar-refractivity contribution in [3.63, 3.8) is 0 Å². The van der Waals surface area contributed by atoms with Gasteiger partial charge in [-0.1, -0.05) is 12.8 Å². The molecular weight excluding hydrogens is 276 g/mol. The van der Waals surface area contributed by atoms with Crippen molar-refractivity contribution in [1.29, 1.82) is 0 Å². The number of hydrogen-bond donors (Lipinski definition) is 1. The number of primary amides is 1. The molecule has 0 unspecified atom stereocenters. The molecular formula is C13H16N4O2S. The maximum Gasteiger partial charge on any atom is 0.237 e. The number of aromatic nitrogens is 2. The molecule has 2 aromatic heterocycles. The third-order valence-corrected chi connectivity index (χ3v) is 4.51. The molecule has 0 aliphatic heterocycles.